The Morgan fingerprint density at radius 2 is 2.06 bits per heavy atom. The predicted molar refractivity (Wildman–Crippen MR) is 137 cm³/mol. The van der Waals surface area contributed by atoms with Crippen LogP contribution in [-0.4, -0.2) is 52.9 Å². The van der Waals surface area contributed by atoms with Crippen molar-refractivity contribution in [3.63, 3.8) is 0 Å². The molecule has 4 rings (SSSR count). The fourth-order valence-corrected chi connectivity index (χ4v) is 5.52. The summed E-state index contributed by atoms with van der Waals surface area (Å²) in [5.41, 5.74) is 4.38. The number of β-amino-alcohol motifs (C(OH)–C–C–N with tert-alkyl or cyclic N) is 1. The average molecular weight is 498 g/mol. The molecule has 1 aliphatic rings. The van der Waals surface area contributed by atoms with E-state index in [1.165, 1.54) is 11.3 Å². The quantitative estimate of drug-likeness (QED) is 0.376. The normalized spacial score (nSPS) is 18.0. The topological polar surface area (TPSA) is 70.0 Å². The van der Waals surface area contributed by atoms with Crippen molar-refractivity contribution >= 4 is 17.3 Å². The maximum Gasteiger partial charge on any atom is 0.345 e. The van der Waals surface area contributed by atoms with E-state index in [0.717, 1.165) is 48.1 Å². The lowest BCUT2D eigenvalue weighted by molar-refractivity contribution is -0.0169. The Kier molecular flexibility index (Phi) is 8.34. The molecule has 7 heteroatoms. The number of nitrogens with zero attached hydrogens (tertiary/aromatic N) is 1. The van der Waals surface area contributed by atoms with Gasteiger partial charge in [-0.2, -0.15) is 0 Å². The molecule has 35 heavy (non-hydrogen) atoms. The van der Waals surface area contributed by atoms with Gasteiger partial charge in [0.15, 0.2) is 0 Å². The van der Waals surface area contributed by atoms with Crippen LogP contribution in [0.4, 0.5) is 4.39 Å². The third-order valence-corrected chi connectivity index (χ3v) is 7.63. The molecule has 1 aliphatic heterocycles. The van der Waals surface area contributed by atoms with Crippen LogP contribution in [-0.2, 0) is 11.2 Å². The lowest BCUT2D eigenvalue weighted by atomic mass is 9.98. The van der Waals surface area contributed by atoms with Crippen LogP contribution >= 0.6 is 11.3 Å². The first-order chi connectivity index (χ1) is 16.8. The molecular weight excluding hydrogens is 465 g/mol. The molecule has 3 aromatic rings. The number of rotatable bonds is 10. The fraction of sp³-hybridized carbons (Fsp3) is 0.393. The van der Waals surface area contributed by atoms with Crippen molar-refractivity contribution in [1.29, 1.82) is 0 Å². The summed E-state index contributed by atoms with van der Waals surface area (Å²) in [7, 11) is 0. The molecule has 2 heterocycles. The lowest BCUT2D eigenvalue weighted by Gasteiger charge is -2.27. The largest absolute Gasteiger partial charge is 0.477 e. The zero-order chi connectivity index (χ0) is 24.9. The summed E-state index contributed by atoms with van der Waals surface area (Å²) in [6.45, 7) is 5.34. The van der Waals surface area contributed by atoms with Gasteiger partial charge < -0.3 is 14.9 Å². The highest BCUT2D eigenvalue weighted by molar-refractivity contribution is 7.12. The van der Waals surface area contributed by atoms with Gasteiger partial charge >= 0.3 is 5.97 Å². The second kappa shape index (κ2) is 11.4. The summed E-state index contributed by atoms with van der Waals surface area (Å²) in [4.78, 5) is 13.9. The molecule has 0 aliphatic carbocycles. The number of aromatic carboxylic acids is 1. The number of hydrogen-bond acceptors (Lipinski definition) is 5. The van der Waals surface area contributed by atoms with Crippen molar-refractivity contribution in [1.82, 2.24) is 4.90 Å². The number of carbonyl (C=O) groups is 1. The number of aliphatic hydroxyl groups excluding tert-OH is 1. The van der Waals surface area contributed by atoms with Crippen molar-refractivity contribution in [2.45, 2.75) is 51.4 Å². The van der Waals surface area contributed by atoms with Gasteiger partial charge in [0.05, 0.1) is 18.8 Å². The van der Waals surface area contributed by atoms with Crippen molar-refractivity contribution in [2.24, 2.45) is 0 Å². The first-order valence-corrected chi connectivity index (χ1v) is 12.9. The second-order valence-corrected chi connectivity index (χ2v) is 10.2. The maximum absolute atomic E-state index is 14.0. The van der Waals surface area contributed by atoms with Crippen molar-refractivity contribution in [3.8, 4) is 11.1 Å². The third kappa shape index (κ3) is 6.35. The number of aryl methyl sites for hydroxylation is 1. The third-order valence-electron chi connectivity index (χ3n) is 6.71. The summed E-state index contributed by atoms with van der Waals surface area (Å²) >= 11 is 1.20. The van der Waals surface area contributed by atoms with Crippen molar-refractivity contribution in [3.05, 3.63) is 81.3 Å². The maximum atomic E-state index is 14.0. The molecule has 1 saturated heterocycles. The van der Waals surface area contributed by atoms with E-state index in [1.807, 2.05) is 48.7 Å². The Hall–Kier alpha value is -2.58. The molecule has 0 unspecified atom stereocenters. The van der Waals surface area contributed by atoms with E-state index in [2.05, 4.69) is 4.90 Å². The highest BCUT2D eigenvalue weighted by Gasteiger charge is 2.27. The zero-order valence-electron chi connectivity index (χ0n) is 20.1. The van der Waals surface area contributed by atoms with Gasteiger partial charge in [-0.3, -0.25) is 4.90 Å². The monoisotopic (exact) mass is 497 g/mol. The van der Waals surface area contributed by atoms with E-state index >= 15 is 0 Å². The molecule has 0 amide bonds. The molecule has 0 radical (unpaired) electrons. The molecule has 1 fully saturated rings. The summed E-state index contributed by atoms with van der Waals surface area (Å²) in [6, 6.07) is 15.2. The Labute approximate surface area is 209 Å². The van der Waals surface area contributed by atoms with Gasteiger partial charge in [-0.15, -0.1) is 11.3 Å². The molecule has 186 valence electrons. The van der Waals surface area contributed by atoms with E-state index in [0.29, 0.717) is 17.0 Å². The number of ether oxygens (including phenoxy) is 1. The van der Waals surface area contributed by atoms with Gasteiger partial charge in [-0.1, -0.05) is 36.4 Å². The minimum absolute atomic E-state index is 0.170. The molecule has 0 bridgehead atoms. The van der Waals surface area contributed by atoms with Crippen LogP contribution in [0.3, 0.4) is 0 Å². The number of hydrogen-bond donors (Lipinski definition) is 2. The van der Waals surface area contributed by atoms with Gasteiger partial charge in [0.25, 0.3) is 0 Å². The molecule has 2 N–H and O–H groups in total. The Balaban J connectivity index is 1.34. The number of carboxylic acids is 1. The zero-order valence-corrected chi connectivity index (χ0v) is 20.9. The van der Waals surface area contributed by atoms with Gasteiger partial charge in [0, 0.05) is 12.6 Å². The van der Waals surface area contributed by atoms with Crippen LogP contribution in [0.25, 0.3) is 11.1 Å². The predicted octanol–water partition coefficient (Wildman–Crippen LogP) is 5.71. The van der Waals surface area contributed by atoms with E-state index < -0.39 is 12.1 Å². The Morgan fingerprint density at radius 1 is 1.26 bits per heavy atom. The van der Waals surface area contributed by atoms with Crippen LogP contribution in [0.5, 0.6) is 0 Å². The molecule has 0 spiro atoms. The number of likely N-dealkylation sites (tertiary alicyclic amines) is 1. The lowest BCUT2D eigenvalue weighted by Crippen LogP contribution is -2.39. The molecule has 5 nitrogen and oxygen atoms in total. The standard InChI is InChI=1S/C28H32FNO4S/c1-18-9-10-20(13-26(18)29)12-22-6-5-11-30(22)15-23(31)16-34-19(2)24-7-3-4-8-25(24)21-14-27(28(32)33)35-17-21/h3-4,7-10,13-14,17,19,22-23,31H,5-6,11-12,15-16H2,1-2H3,(H,32,33)/t19-,22+,23-/m1/s1. The number of benzene rings is 2. The first-order valence-electron chi connectivity index (χ1n) is 12.0. The van der Waals surface area contributed by atoms with Gasteiger partial charge in [-0.05, 0) is 85.0 Å². The van der Waals surface area contributed by atoms with Crippen LogP contribution in [0, 0.1) is 12.7 Å². The van der Waals surface area contributed by atoms with E-state index in [-0.39, 0.29) is 24.6 Å². The molecule has 2 aromatic carbocycles. The Bertz CT molecular complexity index is 1160. The van der Waals surface area contributed by atoms with Gasteiger partial charge in [0.1, 0.15) is 10.7 Å². The van der Waals surface area contributed by atoms with Crippen LogP contribution in [0.2, 0.25) is 0 Å². The summed E-state index contributed by atoms with van der Waals surface area (Å²) in [5, 5.41) is 21.8. The highest BCUT2D eigenvalue weighted by atomic mass is 32.1. The van der Waals surface area contributed by atoms with E-state index in [9.17, 15) is 19.4 Å². The van der Waals surface area contributed by atoms with Crippen LogP contribution in [0.15, 0.2) is 53.9 Å². The molecule has 0 saturated carbocycles. The number of thiophene rings is 1. The number of aliphatic hydroxyl groups is 1. The SMILES string of the molecule is Cc1ccc(C[C@@H]2CCCN2C[C@@H](O)CO[C@H](C)c2ccccc2-c2csc(C(=O)O)c2)cc1F. The van der Waals surface area contributed by atoms with E-state index in [4.69, 9.17) is 4.74 Å². The van der Waals surface area contributed by atoms with Gasteiger partial charge in [0.2, 0.25) is 0 Å². The highest BCUT2D eigenvalue weighted by Crippen LogP contribution is 2.33. The summed E-state index contributed by atoms with van der Waals surface area (Å²) in [5.74, 6) is -1.10. The first kappa shape index (κ1) is 25.5. The second-order valence-electron chi connectivity index (χ2n) is 9.30. The number of halogens is 1. The number of carboxylic acid groups (broad SMARTS) is 1. The average Bonchev–Trinajstić information content (AvgIpc) is 3.50. The van der Waals surface area contributed by atoms with E-state index in [1.54, 1.807) is 19.1 Å². The van der Waals surface area contributed by atoms with Crippen LogP contribution < -0.4 is 0 Å². The minimum Gasteiger partial charge on any atom is -0.477 e. The van der Waals surface area contributed by atoms with Gasteiger partial charge in [-0.25, -0.2) is 9.18 Å². The molecule has 1 aromatic heterocycles. The minimum atomic E-state index is -0.932. The fourth-order valence-electron chi connectivity index (χ4n) is 4.77. The van der Waals surface area contributed by atoms with Crippen molar-refractivity contribution in [2.75, 3.05) is 19.7 Å². The Morgan fingerprint density at radius 3 is 2.80 bits per heavy atom. The molecular formula is C28H32FNO4S. The summed E-state index contributed by atoms with van der Waals surface area (Å²) < 4.78 is 20.0. The van der Waals surface area contributed by atoms with Crippen molar-refractivity contribution < 1.29 is 24.1 Å². The van der Waals surface area contributed by atoms with Crippen LogP contribution in [0.1, 0.15) is 52.2 Å². The smallest absolute Gasteiger partial charge is 0.345 e. The summed E-state index contributed by atoms with van der Waals surface area (Å²) in [6.07, 6.45) is 1.97. The molecule has 3 atom stereocenters.